The van der Waals surface area contributed by atoms with Crippen molar-refractivity contribution in [2.24, 2.45) is 0 Å². The van der Waals surface area contributed by atoms with Gasteiger partial charge in [0.05, 0.1) is 0 Å². The Morgan fingerprint density at radius 3 is 1.83 bits per heavy atom. The van der Waals surface area contributed by atoms with Crippen molar-refractivity contribution in [3.05, 3.63) is 199 Å². The maximum Gasteiger partial charge on any atom is 0.135 e. The van der Waals surface area contributed by atoms with Gasteiger partial charge in [0.2, 0.25) is 0 Å². The van der Waals surface area contributed by atoms with E-state index < -0.39 is 0 Å². The normalized spacial score (nSPS) is 13.0. The van der Waals surface area contributed by atoms with Crippen molar-refractivity contribution in [1.82, 2.24) is 9.55 Å². The molecule has 0 fully saturated rings. The minimum Gasteiger partial charge on any atom is -0.509 e. The molecule has 9 aromatic rings. The molecule has 0 amide bonds. The molecule has 3 heterocycles. The number of benzene rings is 7. The molecule has 0 bridgehead atoms. The zero-order valence-electron chi connectivity index (χ0n) is 39.2. The molecular weight excluding hydrogens is 988 g/mol. The minimum atomic E-state index is -0.0712. The van der Waals surface area contributed by atoms with Gasteiger partial charge < -0.3 is 19.1 Å². The van der Waals surface area contributed by atoms with E-state index in [1.807, 2.05) is 24.4 Å². The quantitative estimate of drug-likeness (QED) is 0.149. The van der Waals surface area contributed by atoms with Crippen LogP contribution in [-0.2, 0) is 37.3 Å². The van der Waals surface area contributed by atoms with E-state index in [-0.39, 0.29) is 37.3 Å². The first-order valence-electron chi connectivity index (χ1n) is 22.6. The summed E-state index contributed by atoms with van der Waals surface area (Å²) >= 11 is 0. The van der Waals surface area contributed by atoms with Crippen molar-refractivity contribution in [3.8, 4) is 39.6 Å². The molecule has 1 aliphatic rings. The van der Waals surface area contributed by atoms with Crippen molar-refractivity contribution in [2.45, 2.75) is 78.6 Å². The van der Waals surface area contributed by atoms with Crippen LogP contribution < -0.4 is 14.5 Å². The second-order valence-electron chi connectivity index (χ2n) is 20.3. The standard InChI is InChI=1S/C60H55N4O.Pt/c1-58(2,3)43-30-31-61-56(36-43)64-55-38-49(28-29-51(55)52-25-17-24-50(57(52)64)42-21-15-20-41(32-42)40-18-11-10-12-19-40)65-48-23-16-22-46(37-48)62-39-63(54-27-14-13-26-53(54)62)47-34-44(59(4,5)6)33-45(35-47)60(7,8)9;/h10-36,39H,1-9H3;/q-3;. The second-order valence-corrected chi connectivity index (χ2v) is 20.3. The summed E-state index contributed by atoms with van der Waals surface area (Å²) in [5.74, 6) is 2.03. The number of anilines is 4. The molecule has 0 unspecified atom stereocenters. The molecule has 66 heavy (non-hydrogen) atoms. The van der Waals surface area contributed by atoms with E-state index in [0.717, 1.165) is 61.5 Å². The Morgan fingerprint density at radius 1 is 0.500 bits per heavy atom. The number of ether oxygens (including phenoxy) is 1. The van der Waals surface area contributed by atoms with Gasteiger partial charge in [-0.1, -0.05) is 153 Å². The Hall–Kier alpha value is -6.42. The number of hydrogen-bond acceptors (Lipinski definition) is 4. The van der Waals surface area contributed by atoms with Crippen molar-refractivity contribution in [1.29, 1.82) is 0 Å². The van der Waals surface area contributed by atoms with E-state index in [2.05, 4.69) is 235 Å². The summed E-state index contributed by atoms with van der Waals surface area (Å²) in [7, 11) is 0. The number of rotatable bonds is 7. The molecule has 10 rings (SSSR count). The van der Waals surface area contributed by atoms with Crippen LogP contribution in [0.15, 0.2) is 164 Å². The number of nitrogens with zero attached hydrogens (tertiary/aromatic N) is 4. The summed E-state index contributed by atoms with van der Waals surface area (Å²) in [6.45, 7) is 22.6. The van der Waals surface area contributed by atoms with Crippen LogP contribution in [0.25, 0.3) is 49.9 Å². The zero-order valence-corrected chi connectivity index (χ0v) is 41.5. The van der Waals surface area contributed by atoms with Crippen LogP contribution in [-0.4, -0.2) is 9.55 Å². The number of para-hydroxylation sites is 3. The van der Waals surface area contributed by atoms with E-state index in [1.165, 1.54) is 27.8 Å². The predicted molar refractivity (Wildman–Crippen MR) is 271 cm³/mol. The van der Waals surface area contributed by atoms with Crippen LogP contribution in [0, 0.1) is 18.8 Å². The van der Waals surface area contributed by atoms with Gasteiger partial charge in [-0.25, -0.2) is 4.98 Å². The fourth-order valence-corrected chi connectivity index (χ4v) is 8.88. The molecule has 0 atom stereocenters. The molecule has 5 nitrogen and oxygen atoms in total. The van der Waals surface area contributed by atoms with E-state index in [9.17, 15) is 0 Å². The number of hydrogen-bond donors (Lipinski definition) is 0. The maximum atomic E-state index is 6.74. The van der Waals surface area contributed by atoms with Crippen LogP contribution in [0.4, 0.5) is 22.7 Å². The first-order valence-corrected chi connectivity index (χ1v) is 22.6. The van der Waals surface area contributed by atoms with Gasteiger partial charge in [-0.15, -0.1) is 48.1 Å². The molecule has 334 valence electrons. The Balaban J connectivity index is 0.00000548. The SMILES string of the molecule is CC(C)(C)c1cc(N2[CH-]N(c3[c-]c(Oc4[c-]c5c(cc4)c4cccc(-c6cccc(-c7ccccc7)c6)c4n5-c4cc(C(C)(C)C)ccn4)ccc3)c3ccccc32)cc(C(C)(C)C)c1.[Pt]. The Labute approximate surface area is 405 Å². The van der Waals surface area contributed by atoms with Crippen LogP contribution in [0.2, 0.25) is 0 Å². The maximum absolute atomic E-state index is 6.74. The molecule has 7 aromatic carbocycles. The third kappa shape index (κ3) is 8.46. The molecule has 0 radical (unpaired) electrons. The van der Waals surface area contributed by atoms with Crippen molar-refractivity contribution in [2.75, 3.05) is 9.80 Å². The van der Waals surface area contributed by atoms with E-state index >= 15 is 0 Å². The summed E-state index contributed by atoms with van der Waals surface area (Å²) in [5, 5.41) is 2.19. The van der Waals surface area contributed by atoms with Crippen LogP contribution >= 0.6 is 0 Å². The monoisotopic (exact) mass is 1040 g/mol. The van der Waals surface area contributed by atoms with Crippen molar-refractivity contribution < 1.29 is 25.8 Å². The van der Waals surface area contributed by atoms with Gasteiger partial charge in [-0.3, -0.25) is 0 Å². The van der Waals surface area contributed by atoms with E-state index in [4.69, 9.17) is 9.72 Å². The minimum absolute atomic E-state index is 0. The Bertz CT molecular complexity index is 3210. The Kier molecular flexibility index (Phi) is 11.6. The number of aromatic nitrogens is 2. The van der Waals surface area contributed by atoms with Gasteiger partial charge in [-0.05, 0) is 97.5 Å². The molecule has 0 saturated carbocycles. The van der Waals surface area contributed by atoms with Crippen LogP contribution in [0.3, 0.4) is 0 Å². The molecule has 0 spiro atoms. The zero-order chi connectivity index (χ0) is 45.3. The van der Waals surface area contributed by atoms with Crippen LogP contribution in [0.5, 0.6) is 11.5 Å². The van der Waals surface area contributed by atoms with Gasteiger partial charge >= 0.3 is 0 Å². The average Bonchev–Trinajstić information content (AvgIpc) is 3.85. The fraction of sp³-hybridized carbons (Fsp3) is 0.200. The van der Waals surface area contributed by atoms with Crippen molar-refractivity contribution >= 4 is 44.6 Å². The number of pyridine rings is 1. The third-order valence-corrected chi connectivity index (χ3v) is 12.6. The molecule has 0 N–H and O–H groups in total. The topological polar surface area (TPSA) is 33.5 Å². The van der Waals surface area contributed by atoms with Gasteiger partial charge in [0.15, 0.2) is 0 Å². The summed E-state index contributed by atoms with van der Waals surface area (Å²) in [5.41, 5.74) is 14.5. The Morgan fingerprint density at radius 2 is 1.12 bits per heavy atom. The number of fused-ring (bicyclic) bond motifs is 4. The van der Waals surface area contributed by atoms with Gasteiger partial charge in [0.1, 0.15) is 5.82 Å². The third-order valence-electron chi connectivity index (χ3n) is 12.6. The average molecular weight is 1040 g/mol. The van der Waals surface area contributed by atoms with Gasteiger partial charge in [-0.2, -0.15) is 12.1 Å². The van der Waals surface area contributed by atoms with E-state index in [1.54, 1.807) is 0 Å². The van der Waals surface area contributed by atoms with E-state index in [0.29, 0.717) is 11.5 Å². The predicted octanol–water partition coefficient (Wildman–Crippen LogP) is 16.2. The van der Waals surface area contributed by atoms with Crippen molar-refractivity contribution in [3.63, 3.8) is 0 Å². The first-order chi connectivity index (χ1) is 31.1. The summed E-state index contributed by atoms with van der Waals surface area (Å²) in [4.78, 5) is 9.53. The molecule has 6 heteroatoms. The largest absolute Gasteiger partial charge is 0.509 e. The molecular formula is C60H55N4OPt-3. The fourth-order valence-electron chi connectivity index (χ4n) is 8.88. The molecule has 1 aliphatic heterocycles. The summed E-state index contributed by atoms with van der Waals surface area (Å²) in [6.07, 6.45) is 1.92. The molecule has 2 aromatic heterocycles. The molecule has 0 aliphatic carbocycles. The summed E-state index contributed by atoms with van der Waals surface area (Å²) in [6, 6.07) is 63.5. The molecule has 0 saturated heterocycles. The second kappa shape index (κ2) is 17.1. The first kappa shape index (κ1) is 44.8. The van der Waals surface area contributed by atoms with Gasteiger partial charge in [0.25, 0.3) is 0 Å². The van der Waals surface area contributed by atoms with Crippen LogP contribution in [0.1, 0.15) is 79.0 Å². The smallest absolute Gasteiger partial charge is 0.135 e. The van der Waals surface area contributed by atoms with Gasteiger partial charge in [0, 0.05) is 66.9 Å². The summed E-state index contributed by atoms with van der Waals surface area (Å²) < 4.78 is 9.00.